The predicted octanol–water partition coefficient (Wildman–Crippen LogP) is 1.32. The minimum Gasteiger partial charge on any atom is -0.372 e. The van der Waals surface area contributed by atoms with Gasteiger partial charge in [-0.1, -0.05) is 58.9 Å². The highest BCUT2D eigenvalue weighted by atomic mass is 16.5. The second kappa shape index (κ2) is 10.5. The summed E-state index contributed by atoms with van der Waals surface area (Å²) in [7, 11) is 0. The maximum Gasteiger partial charge on any atom is 0.246 e. The number of hydrogen-bond acceptors (Lipinski definition) is 7. The summed E-state index contributed by atoms with van der Waals surface area (Å²) >= 11 is 0. The Balaban J connectivity index is 1.63. The third-order valence-corrected chi connectivity index (χ3v) is 8.06. The number of hydrogen-bond donors (Lipinski definition) is 3. The molecule has 1 saturated heterocycles. The maximum absolute atomic E-state index is 13.9. The molecule has 2 aliphatic rings. The van der Waals surface area contributed by atoms with E-state index >= 15 is 0 Å². The van der Waals surface area contributed by atoms with Crippen molar-refractivity contribution in [2.45, 2.75) is 59.7 Å². The molecule has 4 rings (SSSR count). The highest BCUT2D eigenvalue weighted by molar-refractivity contribution is 5.97. The summed E-state index contributed by atoms with van der Waals surface area (Å²) in [5.74, 6) is -2.02. The van der Waals surface area contributed by atoms with Crippen LogP contribution < -0.4 is 16.4 Å². The zero-order chi connectivity index (χ0) is 28.7. The average molecular weight is 539 g/mol. The van der Waals surface area contributed by atoms with Crippen LogP contribution in [0.1, 0.15) is 53.3 Å². The molecular formula is C28H38N6O5. The summed E-state index contributed by atoms with van der Waals surface area (Å²) < 4.78 is 5.21. The topological polar surface area (TPSA) is 157 Å². The van der Waals surface area contributed by atoms with Crippen LogP contribution in [0, 0.1) is 22.7 Å². The van der Waals surface area contributed by atoms with E-state index in [1.54, 1.807) is 30.2 Å². The summed E-state index contributed by atoms with van der Waals surface area (Å²) in [6.45, 7) is 12.1. The van der Waals surface area contributed by atoms with E-state index in [1.807, 2.05) is 32.9 Å². The first-order valence-corrected chi connectivity index (χ1v) is 13.3. The van der Waals surface area contributed by atoms with Gasteiger partial charge in [0, 0.05) is 23.9 Å². The number of primary amides is 1. The van der Waals surface area contributed by atoms with E-state index in [-0.39, 0.29) is 35.5 Å². The minimum atomic E-state index is -1.24. The van der Waals surface area contributed by atoms with E-state index in [0.717, 1.165) is 5.39 Å². The standard InChI is InChI=1S/C28H38N6O5/c1-7-39-14-18(35)31-23(27(2,3)4)26(38)34-13-17-19(28(17,5)6)22(34)25(37)32-21(24(29)36)20-16-11-9-8-10-15(16)12-30-33-20/h8-12,17,19,21-23H,7,13-14H2,1-6H3,(H2,29,36)(H,31,35)(H,32,37)/t17-,19-,21?,22-,23+/m0/s1. The summed E-state index contributed by atoms with van der Waals surface area (Å²) in [6.07, 6.45) is 1.57. The Morgan fingerprint density at radius 2 is 1.87 bits per heavy atom. The quantitative estimate of drug-likeness (QED) is 0.435. The third-order valence-electron chi connectivity index (χ3n) is 8.06. The molecule has 39 heavy (non-hydrogen) atoms. The fourth-order valence-corrected chi connectivity index (χ4v) is 5.79. The Morgan fingerprint density at radius 1 is 1.18 bits per heavy atom. The van der Waals surface area contributed by atoms with Crippen molar-refractivity contribution in [3.8, 4) is 0 Å². The molecular weight excluding hydrogens is 500 g/mol. The average Bonchev–Trinajstić information content (AvgIpc) is 3.20. The van der Waals surface area contributed by atoms with E-state index in [9.17, 15) is 19.2 Å². The number of carbonyl (C=O) groups is 4. The smallest absolute Gasteiger partial charge is 0.246 e. The lowest BCUT2D eigenvalue weighted by atomic mass is 9.85. The fraction of sp³-hybridized carbons (Fsp3) is 0.571. The van der Waals surface area contributed by atoms with Crippen LogP contribution in [0.3, 0.4) is 0 Å². The van der Waals surface area contributed by atoms with Crippen LogP contribution in [-0.2, 0) is 23.9 Å². The first-order valence-electron chi connectivity index (χ1n) is 13.3. The van der Waals surface area contributed by atoms with Crippen molar-refractivity contribution in [3.05, 3.63) is 36.2 Å². The summed E-state index contributed by atoms with van der Waals surface area (Å²) in [6, 6.07) is 4.29. The van der Waals surface area contributed by atoms with Crippen LogP contribution >= 0.6 is 0 Å². The maximum atomic E-state index is 13.9. The second-order valence-electron chi connectivity index (χ2n) is 12.1. The SMILES string of the molecule is CCOCC(=O)N[C@H](C(=O)N1C[C@H]2[C@@H]([C@H]1C(=O)NC(C(N)=O)c1nncc3ccccc13)C2(C)C)C(C)(C)C. The van der Waals surface area contributed by atoms with Gasteiger partial charge in [0.2, 0.25) is 23.6 Å². The largest absolute Gasteiger partial charge is 0.372 e. The van der Waals surface area contributed by atoms with Gasteiger partial charge in [0.25, 0.3) is 0 Å². The molecule has 1 saturated carbocycles. The van der Waals surface area contributed by atoms with Gasteiger partial charge in [-0.05, 0) is 29.6 Å². The molecule has 0 bridgehead atoms. The molecule has 2 heterocycles. The van der Waals surface area contributed by atoms with Crippen molar-refractivity contribution in [3.63, 3.8) is 0 Å². The highest BCUT2D eigenvalue weighted by Crippen LogP contribution is 2.65. The van der Waals surface area contributed by atoms with Crippen LogP contribution in [0.5, 0.6) is 0 Å². The number of fused-ring (bicyclic) bond motifs is 2. The number of nitrogens with one attached hydrogen (secondary N) is 2. The molecule has 1 aromatic carbocycles. The van der Waals surface area contributed by atoms with Gasteiger partial charge in [0.05, 0.1) is 6.20 Å². The second-order valence-corrected chi connectivity index (χ2v) is 12.1. The summed E-state index contributed by atoms with van der Waals surface area (Å²) in [4.78, 5) is 54.4. The molecule has 1 unspecified atom stereocenters. The van der Waals surface area contributed by atoms with Gasteiger partial charge in [-0.3, -0.25) is 19.2 Å². The molecule has 5 atom stereocenters. The van der Waals surface area contributed by atoms with Crippen LogP contribution in [0.4, 0.5) is 0 Å². The number of nitrogens with zero attached hydrogens (tertiary/aromatic N) is 3. The van der Waals surface area contributed by atoms with Crippen LogP contribution in [-0.4, -0.2) is 70.6 Å². The van der Waals surface area contributed by atoms with Crippen molar-refractivity contribution in [2.75, 3.05) is 19.8 Å². The lowest BCUT2D eigenvalue weighted by molar-refractivity contribution is -0.146. The van der Waals surface area contributed by atoms with E-state index < -0.39 is 41.3 Å². The van der Waals surface area contributed by atoms with Crippen molar-refractivity contribution >= 4 is 34.4 Å². The number of aromatic nitrogens is 2. The van der Waals surface area contributed by atoms with Gasteiger partial charge < -0.3 is 26.0 Å². The number of nitrogens with two attached hydrogens (primary N) is 1. The number of carbonyl (C=O) groups excluding carboxylic acids is 4. The number of amides is 4. The van der Waals surface area contributed by atoms with Crippen molar-refractivity contribution in [1.29, 1.82) is 0 Å². The Labute approximate surface area is 228 Å². The predicted molar refractivity (Wildman–Crippen MR) is 144 cm³/mol. The molecule has 4 N–H and O–H groups in total. The van der Waals surface area contributed by atoms with E-state index in [0.29, 0.717) is 18.5 Å². The Morgan fingerprint density at radius 3 is 2.51 bits per heavy atom. The molecule has 2 aromatic rings. The Kier molecular flexibility index (Phi) is 7.66. The first kappa shape index (κ1) is 28.4. The van der Waals surface area contributed by atoms with Gasteiger partial charge in [-0.15, -0.1) is 0 Å². The molecule has 0 spiro atoms. The Bertz CT molecular complexity index is 1280. The zero-order valence-electron chi connectivity index (χ0n) is 23.4. The van der Waals surface area contributed by atoms with Crippen LogP contribution in [0.2, 0.25) is 0 Å². The fourth-order valence-electron chi connectivity index (χ4n) is 5.79. The van der Waals surface area contributed by atoms with E-state index in [4.69, 9.17) is 10.5 Å². The molecule has 1 aromatic heterocycles. The molecule has 0 radical (unpaired) electrons. The number of piperidine rings is 1. The van der Waals surface area contributed by atoms with Crippen LogP contribution in [0.15, 0.2) is 30.5 Å². The third kappa shape index (κ3) is 5.45. The molecule has 11 heteroatoms. The van der Waals surface area contributed by atoms with Gasteiger partial charge in [-0.25, -0.2) is 0 Å². The van der Waals surface area contributed by atoms with Crippen molar-refractivity contribution in [2.24, 2.45) is 28.4 Å². The molecule has 2 fully saturated rings. The lowest BCUT2D eigenvalue weighted by Gasteiger charge is -2.37. The molecule has 4 amide bonds. The number of benzene rings is 1. The number of ether oxygens (including phenoxy) is 1. The van der Waals surface area contributed by atoms with Crippen molar-refractivity contribution in [1.82, 2.24) is 25.7 Å². The van der Waals surface area contributed by atoms with Gasteiger partial charge in [-0.2, -0.15) is 10.2 Å². The monoisotopic (exact) mass is 538 g/mol. The minimum absolute atomic E-state index is 0.103. The number of rotatable bonds is 9. The zero-order valence-corrected chi connectivity index (χ0v) is 23.4. The van der Waals surface area contributed by atoms with E-state index in [2.05, 4.69) is 34.7 Å². The highest BCUT2D eigenvalue weighted by Gasteiger charge is 2.69. The number of likely N-dealkylation sites (tertiary alicyclic amines) is 1. The van der Waals surface area contributed by atoms with Crippen molar-refractivity contribution < 1.29 is 23.9 Å². The molecule has 210 valence electrons. The van der Waals surface area contributed by atoms with Crippen LogP contribution in [0.25, 0.3) is 10.8 Å². The van der Waals surface area contributed by atoms with E-state index in [1.165, 1.54) is 0 Å². The molecule has 1 aliphatic heterocycles. The van der Waals surface area contributed by atoms with Gasteiger partial charge >= 0.3 is 0 Å². The normalized spacial score (nSPS) is 23.0. The Hall–Kier alpha value is -3.60. The first-order chi connectivity index (χ1) is 18.3. The summed E-state index contributed by atoms with van der Waals surface area (Å²) in [5, 5.41) is 15.1. The lowest BCUT2D eigenvalue weighted by Crippen LogP contribution is -2.60. The van der Waals surface area contributed by atoms with Gasteiger partial charge in [0.15, 0.2) is 6.04 Å². The molecule has 11 nitrogen and oxygen atoms in total. The van der Waals surface area contributed by atoms with Gasteiger partial charge in [0.1, 0.15) is 24.4 Å². The molecule has 1 aliphatic carbocycles. The summed E-state index contributed by atoms with van der Waals surface area (Å²) in [5.41, 5.74) is 5.20.